The summed E-state index contributed by atoms with van der Waals surface area (Å²) in [5.74, 6) is 0.242. The van der Waals surface area contributed by atoms with Crippen LogP contribution in [0.3, 0.4) is 0 Å². The summed E-state index contributed by atoms with van der Waals surface area (Å²) in [6.07, 6.45) is 0. The van der Waals surface area contributed by atoms with Gasteiger partial charge in [-0.1, -0.05) is 29.8 Å². The van der Waals surface area contributed by atoms with Crippen LogP contribution in [-0.4, -0.2) is 18.4 Å². The first-order chi connectivity index (χ1) is 11.4. The van der Waals surface area contributed by atoms with Gasteiger partial charge >= 0.3 is 0 Å². The van der Waals surface area contributed by atoms with Gasteiger partial charge in [0.1, 0.15) is 5.75 Å². The second kappa shape index (κ2) is 8.49. The van der Waals surface area contributed by atoms with Crippen LogP contribution < -0.4 is 15.4 Å². The first-order valence-corrected chi connectivity index (χ1v) is 8.32. The highest BCUT2D eigenvalue weighted by Crippen LogP contribution is 2.17. The number of hydrogen-bond acceptors (Lipinski definition) is 3. The molecule has 2 aromatic rings. The Hall–Kier alpha value is -2.34. The predicted molar refractivity (Wildman–Crippen MR) is 98.2 cm³/mol. The number of benzene rings is 2. The number of rotatable bonds is 6. The van der Waals surface area contributed by atoms with Gasteiger partial charge in [-0.05, 0) is 48.5 Å². The van der Waals surface area contributed by atoms with Crippen molar-refractivity contribution in [2.24, 2.45) is 5.92 Å². The van der Waals surface area contributed by atoms with E-state index >= 15 is 0 Å². The molecule has 0 saturated heterocycles. The molecule has 2 aromatic carbocycles. The van der Waals surface area contributed by atoms with Gasteiger partial charge in [0.15, 0.2) is 6.61 Å². The molecule has 5 nitrogen and oxygen atoms in total. The van der Waals surface area contributed by atoms with E-state index in [2.05, 4.69) is 26.6 Å². The Balaban J connectivity index is 1.83. The zero-order chi connectivity index (χ0) is 17.5. The SMILES string of the molecule is CC(C)C(=O)Nc1ccc(NC(=O)COc2ccc(Br)cc2)cc1. The Bertz CT molecular complexity index is 697. The van der Waals surface area contributed by atoms with Crippen molar-refractivity contribution < 1.29 is 14.3 Å². The number of hydrogen-bond donors (Lipinski definition) is 2. The van der Waals surface area contributed by atoms with E-state index in [4.69, 9.17) is 4.74 Å². The van der Waals surface area contributed by atoms with Crippen LogP contribution in [0.25, 0.3) is 0 Å². The van der Waals surface area contributed by atoms with E-state index in [1.54, 1.807) is 36.4 Å². The van der Waals surface area contributed by atoms with E-state index in [1.807, 2.05) is 26.0 Å². The molecular formula is C18H19BrN2O3. The highest BCUT2D eigenvalue weighted by Gasteiger charge is 2.08. The third-order valence-electron chi connectivity index (χ3n) is 3.14. The van der Waals surface area contributed by atoms with Gasteiger partial charge in [-0.3, -0.25) is 9.59 Å². The highest BCUT2D eigenvalue weighted by atomic mass is 79.9. The van der Waals surface area contributed by atoms with E-state index in [-0.39, 0.29) is 24.3 Å². The van der Waals surface area contributed by atoms with Gasteiger partial charge in [-0.15, -0.1) is 0 Å². The fourth-order valence-electron chi connectivity index (χ4n) is 1.80. The molecular weight excluding hydrogens is 372 g/mol. The smallest absolute Gasteiger partial charge is 0.262 e. The highest BCUT2D eigenvalue weighted by molar-refractivity contribution is 9.10. The predicted octanol–water partition coefficient (Wildman–Crippen LogP) is 4.06. The summed E-state index contributed by atoms with van der Waals surface area (Å²) < 4.78 is 6.36. The largest absolute Gasteiger partial charge is 0.484 e. The van der Waals surface area contributed by atoms with Gasteiger partial charge in [-0.25, -0.2) is 0 Å². The Labute approximate surface area is 149 Å². The quantitative estimate of drug-likeness (QED) is 0.781. The van der Waals surface area contributed by atoms with Crippen molar-refractivity contribution >= 4 is 39.1 Å². The Morgan fingerprint density at radius 3 is 2.04 bits per heavy atom. The summed E-state index contributed by atoms with van der Waals surface area (Å²) in [5.41, 5.74) is 1.33. The molecule has 24 heavy (non-hydrogen) atoms. The van der Waals surface area contributed by atoms with Gasteiger partial charge in [0.25, 0.3) is 5.91 Å². The number of carbonyl (C=O) groups is 2. The van der Waals surface area contributed by atoms with Crippen molar-refractivity contribution in [1.82, 2.24) is 0 Å². The number of nitrogens with one attached hydrogen (secondary N) is 2. The number of amides is 2. The van der Waals surface area contributed by atoms with Gasteiger partial charge in [0.2, 0.25) is 5.91 Å². The van der Waals surface area contributed by atoms with Gasteiger partial charge in [0, 0.05) is 21.8 Å². The third kappa shape index (κ3) is 5.70. The molecule has 0 heterocycles. The molecule has 0 radical (unpaired) electrons. The first kappa shape index (κ1) is 18.0. The summed E-state index contributed by atoms with van der Waals surface area (Å²) in [7, 11) is 0. The summed E-state index contributed by atoms with van der Waals surface area (Å²) in [4.78, 5) is 23.5. The lowest BCUT2D eigenvalue weighted by Crippen LogP contribution is -2.20. The van der Waals surface area contributed by atoms with E-state index < -0.39 is 0 Å². The lowest BCUT2D eigenvalue weighted by atomic mass is 10.2. The molecule has 0 aliphatic carbocycles. The molecule has 126 valence electrons. The molecule has 0 aliphatic rings. The zero-order valence-electron chi connectivity index (χ0n) is 13.5. The number of halogens is 1. The molecule has 0 spiro atoms. The summed E-state index contributed by atoms with van der Waals surface area (Å²) in [5, 5.41) is 5.53. The van der Waals surface area contributed by atoms with Gasteiger partial charge < -0.3 is 15.4 Å². The Kier molecular flexibility index (Phi) is 6.37. The molecule has 0 atom stereocenters. The lowest BCUT2D eigenvalue weighted by molar-refractivity contribution is -0.119. The average molecular weight is 391 g/mol. The number of ether oxygens (including phenoxy) is 1. The normalized spacial score (nSPS) is 10.3. The second-order valence-electron chi connectivity index (χ2n) is 5.51. The molecule has 0 bridgehead atoms. The first-order valence-electron chi connectivity index (χ1n) is 7.53. The maximum absolute atomic E-state index is 11.9. The fourth-order valence-corrected chi connectivity index (χ4v) is 2.06. The van der Waals surface area contributed by atoms with Crippen LogP contribution in [-0.2, 0) is 9.59 Å². The number of anilines is 2. The van der Waals surface area contributed by atoms with Gasteiger partial charge in [0.05, 0.1) is 0 Å². The van der Waals surface area contributed by atoms with Crippen LogP contribution in [0, 0.1) is 5.92 Å². The molecule has 2 rings (SSSR count). The van der Waals surface area contributed by atoms with Gasteiger partial charge in [-0.2, -0.15) is 0 Å². The Morgan fingerprint density at radius 1 is 0.958 bits per heavy atom. The van der Waals surface area contributed by atoms with Crippen molar-refractivity contribution in [1.29, 1.82) is 0 Å². The minimum absolute atomic E-state index is 0.0466. The van der Waals surface area contributed by atoms with Crippen LogP contribution in [0.1, 0.15) is 13.8 Å². The van der Waals surface area contributed by atoms with Crippen LogP contribution in [0.15, 0.2) is 53.0 Å². The monoisotopic (exact) mass is 390 g/mol. The summed E-state index contributed by atoms with van der Waals surface area (Å²) in [6.45, 7) is 3.58. The topological polar surface area (TPSA) is 67.4 Å². The molecule has 0 saturated carbocycles. The van der Waals surface area contributed by atoms with Crippen molar-refractivity contribution in [3.05, 3.63) is 53.0 Å². The van der Waals surface area contributed by atoms with Crippen LogP contribution in [0.2, 0.25) is 0 Å². The van der Waals surface area contributed by atoms with Crippen molar-refractivity contribution in [2.75, 3.05) is 17.2 Å². The van der Waals surface area contributed by atoms with E-state index in [1.165, 1.54) is 0 Å². The molecule has 0 aliphatic heterocycles. The van der Waals surface area contributed by atoms with E-state index in [9.17, 15) is 9.59 Å². The average Bonchev–Trinajstić information content (AvgIpc) is 2.56. The molecule has 0 aromatic heterocycles. The number of carbonyl (C=O) groups excluding carboxylic acids is 2. The standard InChI is InChI=1S/C18H19BrN2O3/c1-12(2)18(23)21-15-7-5-14(6-8-15)20-17(22)11-24-16-9-3-13(19)4-10-16/h3-10,12H,11H2,1-2H3,(H,20,22)(H,21,23). The minimum Gasteiger partial charge on any atom is -0.484 e. The summed E-state index contributed by atoms with van der Waals surface area (Å²) in [6, 6.07) is 14.2. The molecule has 0 unspecified atom stereocenters. The van der Waals surface area contributed by atoms with Crippen molar-refractivity contribution in [3.63, 3.8) is 0 Å². The van der Waals surface area contributed by atoms with Crippen LogP contribution >= 0.6 is 15.9 Å². The van der Waals surface area contributed by atoms with Crippen molar-refractivity contribution in [3.8, 4) is 5.75 Å². The minimum atomic E-state index is -0.253. The molecule has 0 fully saturated rings. The second-order valence-corrected chi connectivity index (χ2v) is 6.43. The summed E-state index contributed by atoms with van der Waals surface area (Å²) >= 11 is 3.34. The Morgan fingerprint density at radius 2 is 1.50 bits per heavy atom. The zero-order valence-corrected chi connectivity index (χ0v) is 15.1. The maximum atomic E-state index is 11.9. The lowest BCUT2D eigenvalue weighted by Gasteiger charge is -2.10. The molecule has 2 N–H and O–H groups in total. The van der Waals surface area contributed by atoms with Crippen molar-refractivity contribution in [2.45, 2.75) is 13.8 Å². The maximum Gasteiger partial charge on any atom is 0.262 e. The fraction of sp³-hybridized carbons (Fsp3) is 0.222. The molecule has 2 amide bonds. The van der Waals surface area contributed by atoms with E-state index in [0.29, 0.717) is 17.1 Å². The third-order valence-corrected chi connectivity index (χ3v) is 3.67. The van der Waals surface area contributed by atoms with Crippen LogP contribution in [0.5, 0.6) is 5.75 Å². The van der Waals surface area contributed by atoms with E-state index in [0.717, 1.165) is 4.47 Å². The van der Waals surface area contributed by atoms with Crippen LogP contribution in [0.4, 0.5) is 11.4 Å². The molecule has 6 heteroatoms.